The molecule has 84 valence electrons. The Bertz CT molecular complexity index is 335. The molecule has 0 aliphatic carbocycles. The molecule has 4 heteroatoms. The van der Waals surface area contributed by atoms with Gasteiger partial charge in [-0.15, -0.1) is 11.3 Å². The van der Waals surface area contributed by atoms with Crippen LogP contribution in [-0.4, -0.2) is 33.7 Å². The van der Waals surface area contributed by atoms with Crippen molar-refractivity contribution >= 4 is 11.3 Å². The Kier molecular flexibility index (Phi) is 3.09. The van der Waals surface area contributed by atoms with Crippen molar-refractivity contribution in [2.45, 2.75) is 38.8 Å². The van der Waals surface area contributed by atoms with Crippen LogP contribution < -0.4 is 0 Å². The van der Waals surface area contributed by atoms with Crippen LogP contribution in [0, 0.1) is 6.92 Å². The van der Waals surface area contributed by atoms with Crippen LogP contribution in [0.25, 0.3) is 0 Å². The second-order valence-corrected chi connectivity index (χ2v) is 5.98. The maximum atomic E-state index is 9.97. The van der Waals surface area contributed by atoms with E-state index in [0.29, 0.717) is 0 Å². The van der Waals surface area contributed by atoms with Gasteiger partial charge in [-0.1, -0.05) is 0 Å². The summed E-state index contributed by atoms with van der Waals surface area (Å²) in [6, 6.07) is 0. The monoisotopic (exact) mass is 226 g/mol. The summed E-state index contributed by atoms with van der Waals surface area (Å²) in [4.78, 5) is 7.86. The molecule has 1 N–H and O–H groups in total. The molecule has 0 amide bonds. The van der Waals surface area contributed by atoms with E-state index in [9.17, 15) is 5.11 Å². The van der Waals surface area contributed by atoms with Gasteiger partial charge in [0, 0.05) is 24.2 Å². The van der Waals surface area contributed by atoms with Crippen molar-refractivity contribution in [3.05, 3.63) is 16.1 Å². The molecule has 1 unspecified atom stereocenters. The molecule has 0 bridgehead atoms. The van der Waals surface area contributed by atoms with E-state index in [1.165, 1.54) is 4.88 Å². The van der Waals surface area contributed by atoms with Crippen molar-refractivity contribution in [2.75, 3.05) is 13.1 Å². The molecular formula is C11H18N2OS. The average molecular weight is 226 g/mol. The number of β-amino-alcohol motifs (C(OH)–C–C–N with tert-alkyl or cyclic N) is 1. The standard InChI is InChI=1S/C11H18N2OS/c1-9-12-6-10(15-9)7-13-5-3-4-11(2,14)8-13/h6,14H,3-5,7-8H2,1-2H3. The van der Waals surface area contributed by atoms with E-state index in [2.05, 4.69) is 9.88 Å². The summed E-state index contributed by atoms with van der Waals surface area (Å²) in [5.41, 5.74) is -0.502. The molecule has 1 aromatic heterocycles. The Morgan fingerprint density at radius 3 is 3.07 bits per heavy atom. The first-order chi connectivity index (χ1) is 7.05. The molecule has 1 aromatic rings. The first-order valence-corrected chi connectivity index (χ1v) is 6.23. The van der Waals surface area contributed by atoms with Gasteiger partial charge in [0.25, 0.3) is 0 Å². The highest BCUT2D eigenvalue weighted by Gasteiger charge is 2.28. The van der Waals surface area contributed by atoms with Crippen molar-refractivity contribution in [2.24, 2.45) is 0 Å². The lowest BCUT2D eigenvalue weighted by Gasteiger charge is -2.36. The first-order valence-electron chi connectivity index (χ1n) is 5.41. The van der Waals surface area contributed by atoms with E-state index < -0.39 is 5.60 Å². The Balaban J connectivity index is 1.95. The van der Waals surface area contributed by atoms with Crippen LogP contribution >= 0.6 is 11.3 Å². The number of hydrogen-bond acceptors (Lipinski definition) is 4. The van der Waals surface area contributed by atoms with Gasteiger partial charge in [-0.25, -0.2) is 4.98 Å². The van der Waals surface area contributed by atoms with Gasteiger partial charge >= 0.3 is 0 Å². The highest BCUT2D eigenvalue weighted by molar-refractivity contribution is 7.11. The summed E-state index contributed by atoms with van der Waals surface area (Å²) in [7, 11) is 0. The van der Waals surface area contributed by atoms with Crippen LogP contribution in [0.3, 0.4) is 0 Å². The van der Waals surface area contributed by atoms with E-state index in [-0.39, 0.29) is 0 Å². The maximum Gasteiger partial charge on any atom is 0.0897 e. The van der Waals surface area contributed by atoms with E-state index in [1.54, 1.807) is 11.3 Å². The fraction of sp³-hybridized carbons (Fsp3) is 0.727. The second-order valence-electron chi connectivity index (χ2n) is 4.66. The van der Waals surface area contributed by atoms with Gasteiger partial charge in [-0.05, 0) is 33.2 Å². The van der Waals surface area contributed by atoms with Crippen LogP contribution in [0.4, 0.5) is 0 Å². The van der Waals surface area contributed by atoms with Gasteiger partial charge in [0.05, 0.1) is 10.6 Å². The molecule has 2 heterocycles. The normalized spacial score (nSPS) is 28.2. The van der Waals surface area contributed by atoms with Crippen molar-refractivity contribution in [3.63, 3.8) is 0 Å². The molecule has 1 fully saturated rings. The zero-order valence-corrected chi connectivity index (χ0v) is 10.2. The van der Waals surface area contributed by atoms with Gasteiger partial charge in [0.1, 0.15) is 0 Å². The van der Waals surface area contributed by atoms with Crippen LogP contribution in [0.5, 0.6) is 0 Å². The topological polar surface area (TPSA) is 36.4 Å². The van der Waals surface area contributed by atoms with Crippen LogP contribution in [0.1, 0.15) is 29.7 Å². The number of rotatable bonds is 2. The molecular weight excluding hydrogens is 208 g/mol. The lowest BCUT2D eigenvalue weighted by Crippen LogP contribution is -2.45. The molecule has 1 aliphatic heterocycles. The number of aromatic nitrogens is 1. The van der Waals surface area contributed by atoms with Crippen LogP contribution in [-0.2, 0) is 6.54 Å². The summed E-state index contributed by atoms with van der Waals surface area (Å²) in [6.45, 7) is 6.76. The Morgan fingerprint density at radius 1 is 1.67 bits per heavy atom. The maximum absolute atomic E-state index is 9.97. The van der Waals surface area contributed by atoms with E-state index >= 15 is 0 Å². The Labute approximate surface area is 94.8 Å². The summed E-state index contributed by atoms with van der Waals surface area (Å²) >= 11 is 1.75. The number of aryl methyl sites for hydroxylation is 1. The van der Waals surface area contributed by atoms with Crippen molar-refractivity contribution < 1.29 is 5.11 Å². The molecule has 1 saturated heterocycles. The fourth-order valence-electron chi connectivity index (χ4n) is 2.16. The quantitative estimate of drug-likeness (QED) is 0.835. The highest BCUT2D eigenvalue weighted by Crippen LogP contribution is 2.23. The van der Waals surface area contributed by atoms with Crippen LogP contribution in [0.15, 0.2) is 6.20 Å². The SMILES string of the molecule is Cc1ncc(CN2CCCC(C)(O)C2)s1. The van der Waals surface area contributed by atoms with Gasteiger partial charge < -0.3 is 5.11 Å². The van der Waals surface area contributed by atoms with E-state index in [0.717, 1.165) is 37.5 Å². The summed E-state index contributed by atoms with van der Waals surface area (Å²) in [5, 5.41) is 11.1. The number of piperidine rings is 1. The molecule has 3 nitrogen and oxygen atoms in total. The first kappa shape index (κ1) is 11.0. The molecule has 2 rings (SSSR count). The summed E-state index contributed by atoms with van der Waals surface area (Å²) < 4.78 is 0. The second kappa shape index (κ2) is 4.20. The minimum Gasteiger partial charge on any atom is -0.389 e. The van der Waals surface area contributed by atoms with Crippen molar-refractivity contribution in [3.8, 4) is 0 Å². The van der Waals surface area contributed by atoms with Crippen LogP contribution in [0.2, 0.25) is 0 Å². The third-order valence-corrected chi connectivity index (χ3v) is 3.70. The lowest BCUT2D eigenvalue weighted by atomic mass is 9.95. The average Bonchev–Trinajstić information content (AvgIpc) is 2.49. The van der Waals surface area contributed by atoms with E-state index in [4.69, 9.17) is 0 Å². The molecule has 0 saturated carbocycles. The number of likely N-dealkylation sites (tertiary alicyclic amines) is 1. The third kappa shape index (κ3) is 3.00. The van der Waals surface area contributed by atoms with Gasteiger partial charge in [-0.3, -0.25) is 4.90 Å². The third-order valence-electron chi connectivity index (χ3n) is 2.80. The molecule has 0 aromatic carbocycles. The number of thiazole rings is 1. The zero-order valence-electron chi connectivity index (χ0n) is 9.36. The number of aliphatic hydroxyl groups is 1. The Morgan fingerprint density at radius 2 is 2.47 bits per heavy atom. The lowest BCUT2D eigenvalue weighted by molar-refractivity contribution is -0.0178. The zero-order chi connectivity index (χ0) is 10.9. The minimum absolute atomic E-state index is 0.502. The van der Waals surface area contributed by atoms with E-state index in [1.807, 2.05) is 20.0 Å². The molecule has 1 atom stereocenters. The Hall–Kier alpha value is -0.450. The summed E-state index contributed by atoms with van der Waals surface area (Å²) in [6.07, 6.45) is 3.96. The predicted molar refractivity (Wildman–Crippen MR) is 62.0 cm³/mol. The minimum atomic E-state index is -0.502. The fourth-order valence-corrected chi connectivity index (χ4v) is 2.99. The largest absolute Gasteiger partial charge is 0.389 e. The highest BCUT2D eigenvalue weighted by atomic mass is 32.1. The smallest absolute Gasteiger partial charge is 0.0897 e. The number of nitrogens with zero attached hydrogens (tertiary/aromatic N) is 2. The molecule has 0 radical (unpaired) electrons. The molecule has 15 heavy (non-hydrogen) atoms. The molecule has 0 spiro atoms. The van der Waals surface area contributed by atoms with Crippen molar-refractivity contribution in [1.82, 2.24) is 9.88 Å². The predicted octanol–water partition coefficient (Wildman–Crippen LogP) is 1.80. The molecule has 1 aliphatic rings. The van der Waals surface area contributed by atoms with Gasteiger partial charge in [0.2, 0.25) is 0 Å². The number of hydrogen-bond donors (Lipinski definition) is 1. The summed E-state index contributed by atoms with van der Waals surface area (Å²) in [5.74, 6) is 0. The van der Waals surface area contributed by atoms with Crippen molar-refractivity contribution in [1.29, 1.82) is 0 Å². The van der Waals surface area contributed by atoms with Gasteiger partial charge in [0.15, 0.2) is 0 Å². The van der Waals surface area contributed by atoms with Gasteiger partial charge in [-0.2, -0.15) is 0 Å².